The van der Waals surface area contributed by atoms with E-state index in [2.05, 4.69) is 29.5 Å². The maximum atomic E-state index is 11.2. The lowest BCUT2D eigenvalue weighted by molar-refractivity contribution is -0.0759. The molecule has 0 saturated carbocycles. The first-order chi connectivity index (χ1) is 12.1. The molecule has 0 aliphatic carbocycles. The molecule has 2 N–H and O–H groups in total. The van der Waals surface area contributed by atoms with Gasteiger partial charge in [-0.2, -0.15) is 0 Å². The molecule has 3 aliphatic heterocycles. The van der Waals surface area contributed by atoms with Crippen LogP contribution < -0.4 is 0 Å². The van der Waals surface area contributed by atoms with Crippen molar-refractivity contribution >= 4 is 10.9 Å². The molecular formula is C21H26N2O2. The van der Waals surface area contributed by atoms with Gasteiger partial charge in [0.2, 0.25) is 0 Å². The quantitative estimate of drug-likeness (QED) is 0.842. The van der Waals surface area contributed by atoms with Gasteiger partial charge in [-0.3, -0.25) is 9.88 Å². The predicted octanol–water partition coefficient (Wildman–Crippen LogP) is 3.05. The summed E-state index contributed by atoms with van der Waals surface area (Å²) >= 11 is 0. The van der Waals surface area contributed by atoms with Crippen molar-refractivity contribution in [2.24, 2.45) is 11.3 Å². The maximum Gasteiger partial charge on any atom is 0.0952 e. The van der Waals surface area contributed by atoms with Gasteiger partial charge in [-0.1, -0.05) is 19.1 Å². The average molecular weight is 338 g/mol. The summed E-state index contributed by atoms with van der Waals surface area (Å²) in [6.45, 7) is 8.33. The second kappa shape index (κ2) is 6.20. The Labute approximate surface area is 148 Å². The van der Waals surface area contributed by atoms with E-state index in [-0.39, 0.29) is 18.1 Å². The third-order valence-corrected chi connectivity index (χ3v) is 6.41. The van der Waals surface area contributed by atoms with Crippen molar-refractivity contribution in [3.8, 4) is 0 Å². The largest absolute Gasteiger partial charge is 0.392 e. The molecule has 5 rings (SSSR count). The van der Waals surface area contributed by atoms with Crippen molar-refractivity contribution in [1.82, 2.24) is 9.88 Å². The lowest BCUT2D eigenvalue weighted by Gasteiger charge is -2.55. The first-order valence-electron chi connectivity index (χ1n) is 9.10. The Bertz CT molecular complexity index is 806. The first kappa shape index (κ1) is 16.7. The number of piperidine rings is 3. The van der Waals surface area contributed by atoms with Crippen molar-refractivity contribution < 1.29 is 10.2 Å². The van der Waals surface area contributed by atoms with Crippen molar-refractivity contribution in [2.45, 2.75) is 38.5 Å². The van der Waals surface area contributed by atoms with Gasteiger partial charge < -0.3 is 10.2 Å². The van der Waals surface area contributed by atoms with Crippen LogP contribution in [0.5, 0.6) is 0 Å². The van der Waals surface area contributed by atoms with E-state index in [1.165, 1.54) is 6.42 Å². The van der Waals surface area contributed by atoms with Crippen molar-refractivity contribution in [1.29, 1.82) is 0 Å². The summed E-state index contributed by atoms with van der Waals surface area (Å²) in [7, 11) is 0. The topological polar surface area (TPSA) is 56.6 Å². The molecule has 3 fully saturated rings. The lowest BCUT2D eigenvalue weighted by Crippen LogP contribution is -2.58. The normalized spacial score (nSPS) is 32.7. The molecule has 4 heterocycles. The molecule has 4 heteroatoms. The van der Waals surface area contributed by atoms with Crippen molar-refractivity contribution in [3.05, 3.63) is 54.2 Å². The predicted molar refractivity (Wildman–Crippen MR) is 99.0 cm³/mol. The molecule has 1 unspecified atom stereocenters. The molecule has 0 amide bonds. The van der Waals surface area contributed by atoms with Gasteiger partial charge in [0.25, 0.3) is 0 Å². The fourth-order valence-corrected chi connectivity index (χ4v) is 4.75. The number of benzene rings is 1. The third kappa shape index (κ3) is 2.69. The third-order valence-electron chi connectivity index (χ3n) is 6.41. The van der Waals surface area contributed by atoms with Gasteiger partial charge in [-0.15, -0.1) is 6.58 Å². The highest BCUT2D eigenvalue weighted by Crippen LogP contribution is 2.48. The van der Waals surface area contributed by atoms with Crippen LogP contribution in [0.2, 0.25) is 0 Å². The molecule has 1 aromatic carbocycles. The number of aliphatic hydroxyl groups excluding tert-OH is 2. The number of nitrogens with zero attached hydrogens (tertiary/aromatic N) is 2. The van der Waals surface area contributed by atoms with Gasteiger partial charge in [0.15, 0.2) is 0 Å². The molecule has 0 spiro atoms. The highest BCUT2D eigenvalue weighted by Gasteiger charge is 2.47. The van der Waals surface area contributed by atoms with E-state index in [1.807, 2.05) is 24.3 Å². The fraction of sp³-hybridized carbons (Fsp3) is 0.476. The summed E-state index contributed by atoms with van der Waals surface area (Å²) in [5, 5.41) is 21.6. The summed E-state index contributed by atoms with van der Waals surface area (Å²) in [5.41, 5.74) is 2.77. The van der Waals surface area contributed by atoms with E-state index in [0.717, 1.165) is 41.5 Å². The fourth-order valence-electron chi connectivity index (χ4n) is 4.75. The standard InChI is InChI=1S/C21H26N2O2/c1-3-21(2)13-23-9-7-15(21)11-19(23)20(25)16-6-8-22-18-5-4-14(12-24)10-17(16)18/h3-6,8,10,15,19-20,24-25H,1,7,9,11-13H2,2H3/t15?,19-,20-,21+/m1/s1. The average Bonchev–Trinajstić information content (AvgIpc) is 2.66. The summed E-state index contributed by atoms with van der Waals surface area (Å²) < 4.78 is 0. The Morgan fingerprint density at radius 1 is 1.44 bits per heavy atom. The monoisotopic (exact) mass is 338 g/mol. The molecule has 3 saturated heterocycles. The maximum absolute atomic E-state index is 11.2. The smallest absolute Gasteiger partial charge is 0.0952 e. The molecule has 2 bridgehead atoms. The number of hydrogen-bond donors (Lipinski definition) is 2. The number of hydrogen-bond acceptors (Lipinski definition) is 4. The summed E-state index contributed by atoms with van der Waals surface area (Å²) in [4.78, 5) is 6.83. The van der Waals surface area contributed by atoms with Gasteiger partial charge in [-0.25, -0.2) is 0 Å². The molecular weight excluding hydrogens is 312 g/mol. The molecule has 132 valence electrons. The van der Waals surface area contributed by atoms with Crippen LogP contribution in [-0.4, -0.2) is 39.2 Å². The van der Waals surface area contributed by atoms with E-state index in [0.29, 0.717) is 5.92 Å². The van der Waals surface area contributed by atoms with Crippen molar-refractivity contribution in [2.75, 3.05) is 13.1 Å². The Hall–Kier alpha value is -1.75. The number of aliphatic hydroxyl groups is 2. The summed E-state index contributed by atoms with van der Waals surface area (Å²) in [6, 6.07) is 7.80. The molecule has 2 aromatic rings. The van der Waals surface area contributed by atoms with Crippen LogP contribution in [0.4, 0.5) is 0 Å². The Morgan fingerprint density at radius 3 is 2.96 bits per heavy atom. The van der Waals surface area contributed by atoms with Gasteiger partial charge in [0, 0.05) is 29.6 Å². The number of pyridine rings is 1. The van der Waals surface area contributed by atoms with Crippen LogP contribution in [0, 0.1) is 11.3 Å². The minimum Gasteiger partial charge on any atom is -0.392 e. The molecule has 3 aliphatic rings. The van der Waals surface area contributed by atoms with Crippen LogP contribution in [0.3, 0.4) is 0 Å². The van der Waals surface area contributed by atoms with E-state index in [4.69, 9.17) is 0 Å². The zero-order valence-electron chi connectivity index (χ0n) is 14.7. The Balaban J connectivity index is 1.69. The molecule has 0 radical (unpaired) electrons. The molecule has 4 nitrogen and oxygen atoms in total. The Morgan fingerprint density at radius 2 is 2.28 bits per heavy atom. The zero-order valence-corrected chi connectivity index (χ0v) is 14.7. The van der Waals surface area contributed by atoms with E-state index < -0.39 is 6.10 Å². The van der Waals surface area contributed by atoms with Gasteiger partial charge >= 0.3 is 0 Å². The van der Waals surface area contributed by atoms with Gasteiger partial charge in [-0.05, 0) is 54.6 Å². The zero-order chi connectivity index (χ0) is 17.6. The van der Waals surface area contributed by atoms with Crippen molar-refractivity contribution in [3.63, 3.8) is 0 Å². The van der Waals surface area contributed by atoms with E-state index in [1.54, 1.807) is 6.20 Å². The highest BCUT2D eigenvalue weighted by atomic mass is 16.3. The van der Waals surface area contributed by atoms with Crippen LogP contribution in [0.15, 0.2) is 43.1 Å². The van der Waals surface area contributed by atoms with E-state index >= 15 is 0 Å². The van der Waals surface area contributed by atoms with Gasteiger partial charge in [0.05, 0.1) is 18.2 Å². The van der Waals surface area contributed by atoms with Crippen LogP contribution in [-0.2, 0) is 6.61 Å². The lowest BCUT2D eigenvalue weighted by atomic mass is 9.65. The summed E-state index contributed by atoms with van der Waals surface area (Å²) in [6.07, 6.45) is 5.49. The minimum atomic E-state index is -0.545. The van der Waals surface area contributed by atoms with E-state index in [9.17, 15) is 10.2 Å². The molecule has 25 heavy (non-hydrogen) atoms. The second-order valence-electron chi connectivity index (χ2n) is 7.82. The second-order valence-corrected chi connectivity index (χ2v) is 7.82. The molecule has 5 atom stereocenters. The Kier molecular flexibility index (Phi) is 4.14. The van der Waals surface area contributed by atoms with Crippen LogP contribution in [0.1, 0.15) is 37.0 Å². The number of rotatable bonds is 4. The summed E-state index contributed by atoms with van der Waals surface area (Å²) in [5.74, 6) is 0.579. The van der Waals surface area contributed by atoms with Crippen LogP contribution >= 0.6 is 0 Å². The highest BCUT2D eigenvalue weighted by molar-refractivity contribution is 5.83. The minimum absolute atomic E-state index is 0.00428. The SMILES string of the molecule is C=C[C@@]1(C)C[N@@]2CCC1C[C@@H]2[C@H](O)c1ccnc2ccc(CO)cc12. The number of fused-ring (bicyclic) bond motifs is 4. The van der Waals surface area contributed by atoms with Gasteiger partial charge in [0.1, 0.15) is 0 Å². The molecule has 1 aromatic heterocycles. The first-order valence-corrected chi connectivity index (χ1v) is 9.10. The number of aromatic nitrogens is 1. The van der Waals surface area contributed by atoms with Crippen LogP contribution in [0.25, 0.3) is 10.9 Å².